The van der Waals surface area contributed by atoms with Gasteiger partial charge in [0.1, 0.15) is 0 Å². The van der Waals surface area contributed by atoms with Gasteiger partial charge in [0.2, 0.25) is 0 Å². The van der Waals surface area contributed by atoms with Gasteiger partial charge in [0.05, 0.1) is 5.56 Å². The SMILES string of the molecule is Cc1cc(O)c(=O)c(O)cc1C(=O)N1CCN(c2ccc(C(F)(F)F)cc2)CC1. The first-order valence-electron chi connectivity index (χ1n) is 8.86. The normalized spacial score (nSPS) is 14.8. The number of amides is 1. The Morgan fingerprint density at radius 3 is 2.07 bits per heavy atom. The molecule has 6 nitrogen and oxygen atoms in total. The van der Waals surface area contributed by atoms with Gasteiger partial charge in [0.15, 0.2) is 11.5 Å². The van der Waals surface area contributed by atoms with Gasteiger partial charge in [-0.25, -0.2) is 0 Å². The lowest BCUT2D eigenvalue weighted by Crippen LogP contribution is -2.48. The second-order valence-corrected chi connectivity index (χ2v) is 6.81. The summed E-state index contributed by atoms with van der Waals surface area (Å²) in [5.41, 5.74) is -0.605. The molecule has 1 aliphatic heterocycles. The van der Waals surface area contributed by atoms with Gasteiger partial charge in [0, 0.05) is 37.4 Å². The predicted octanol–water partition coefficient (Wildman–Crippen LogP) is 2.75. The number of carbonyl (C=O) groups is 1. The number of piperazine rings is 1. The monoisotopic (exact) mass is 408 g/mol. The molecule has 0 aliphatic carbocycles. The zero-order valence-corrected chi connectivity index (χ0v) is 15.5. The first kappa shape index (κ1) is 20.5. The minimum Gasteiger partial charge on any atom is -0.504 e. The minimum absolute atomic E-state index is 0.0999. The van der Waals surface area contributed by atoms with Crippen molar-refractivity contribution < 1.29 is 28.2 Å². The molecule has 154 valence electrons. The lowest BCUT2D eigenvalue weighted by molar-refractivity contribution is -0.137. The summed E-state index contributed by atoms with van der Waals surface area (Å²) in [5, 5.41) is 19.4. The molecule has 0 unspecified atom stereocenters. The summed E-state index contributed by atoms with van der Waals surface area (Å²) in [5.74, 6) is -1.77. The third-order valence-electron chi connectivity index (χ3n) is 4.88. The average Bonchev–Trinajstić information content (AvgIpc) is 2.78. The van der Waals surface area contributed by atoms with Crippen molar-refractivity contribution in [2.24, 2.45) is 0 Å². The van der Waals surface area contributed by atoms with Crippen molar-refractivity contribution in [1.82, 2.24) is 4.90 Å². The summed E-state index contributed by atoms with van der Waals surface area (Å²) in [6.45, 7) is 3.01. The Bertz CT molecular complexity index is 983. The van der Waals surface area contributed by atoms with E-state index in [-0.39, 0.29) is 5.56 Å². The van der Waals surface area contributed by atoms with Crippen molar-refractivity contribution in [1.29, 1.82) is 0 Å². The number of carbonyl (C=O) groups excluding carboxylic acids is 1. The molecule has 29 heavy (non-hydrogen) atoms. The lowest BCUT2D eigenvalue weighted by atomic mass is 10.1. The summed E-state index contributed by atoms with van der Waals surface area (Å²) in [4.78, 5) is 27.9. The van der Waals surface area contributed by atoms with Gasteiger partial charge < -0.3 is 20.0 Å². The van der Waals surface area contributed by atoms with Crippen molar-refractivity contribution in [2.75, 3.05) is 31.1 Å². The maximum atomic E-state index is 12.8. The molecule has 0 atom stereocenters. The molecule has 2 N–H and O–H groups in total. The van der Waals surface area contributed by atoms with Gasteiger partial charge >= 0.3 is 6.18 Å². The van der Waals surface area contributed by atoms with Gasteiger partial charge in [-0.1, -0.05) is 0 Å². The summed E-state index contributed by atoms with van der Waals surface area (Å²) in [7, 11) is 0. The van der Waals surface area contributed by atoms with E-state index in [2.05, 4.69) is 0 Å². The molecule has 1 saturated heterocycles. The summed E-state index contributed by atoms with van der Waals surface area (Å²) >= 11 is 0. The fraction of sp³-hybridized carbons (Fsp3) is 0.300. The minimum atomic E-state index is -4.39. The number of hydrogen-bond donors (Lipinski definition) is 2. The number of alkyl halides is 3. The van der Waals surface area contributed by atoms with Crippen molar-refractivity contribution in [2.45, 2.75) is 13.1 Å². The van der Waals surface area contributed by atoms with Crippen molar-refractivity contribution in [3.05, 3.63) is 63.3 Å². The average molecular weight is 408 g/mol. The van der Waals surface area contributed by atoms with Crippen LogP contribution in [0.2, 0.25) is 0 Å². The lowest BCUT2D eigenvalue weighted by Gasteiger charge is -2.36. The third-order valence-corrected chi connectivity index (χ3v) is 4.88. The largest absolute Gasteiger partial charge is 0.504 e. The third kappa shape index (κ3) is 4.28. The maximum absolute atomic E-state index is 12.8. The zero-order chi connectivity index (χ0) is 21.3. The number of hydrogen-bond acceptors (Lipinski definition) is 5. The quantitative estimate of drug-likeness (QED) is 0.799. The van der Waals surface area contributed by atoms with Gasteiger partial charge in [-0.05, 0) is 48.9 Å². The zero-order valence-electron chi connectivity index (χ0n) is 15.5. The van der Waals surface area contributed by atoms with E-state index in [0.29, 0.717) is 37.4 Å². The van der Waals surface area contributed by atoms with E-state index in [1.165, 1.54) is 17.0 Å². The Labute approximate surface area is 164 Å². The highest BCUT2D eigenvalue weighted by atomic mass is 19.4. The van der Waals surface area contributed by atoms with E-state index >= 15 is 0 Å². The molecular weight excluding hydrogens is 389 g/mol. The second kappa shape index (κ2) is 7.65. The van der Waals surface area contributed by atoms with E-state index in [4.69, 9.17) is 0 Å². The highest BCUT2D eigenvalue weighted by molar-refractivity contribution is 5.96. The van der Waals surface area contributed by atoms with Gasteiger partial charge in [-0.3, -0.25) is 9.59 Å². The topological polar surface area (TPSA) is 81.1 Å². The number of aryl methyl sites for hydroxylation is 1. The van der Waals surface area contributed by atoms with E-state index in [1.54, 1.807) is 6.92 Å². The first-order chi connectivity index (χ1) is 13.6. The summed E-state index contributed by atoms with van der Waals surface area (Å²) in [6.07, 6.45) is -4.39. The number of halogens is 3. The standard InChI is InChI=1S/C20H19F3N2O4/c1-12-10-16(26)18(28)17(27)11-15(12)19(29)25-8-6-24(7-9-25)14-4-2-13(3-5-14)20(21,22)23/h2-5,10-11H,6-9H2,1H3,(H2,26,27,28). The van der Waals surface area contributed by atoms with Crippen LogP contribution in [0.3, 0.4) is 0 Å². The highest BCUT2D eigenvalue weighted by Crippen LogP contribution is 2.30. The molecule has 1 amide bonds. The molecule has 2 aromatic carbocycles. The Morgan fingerprint density at radius 2 is 1.52 bits per heavy atom. The van der Waals surface area contributed by atoms with Crippen molar-refractivity contribution in [3.8, 4) is 11.5 Å². The van der Waals surface area contributed by atoms with Gasteiger partial charge in [-0.15, -0.1) is 0 Å². The molecule has 1 fully saturated rings. The van der Waals surface area contributed by atoms with Crippen LogP contribution in [0.5, 0.6) is 11.5 Å². The Balaban J connectivity index is 1.73. The van der Waals surface area contributed by atoms with E-state index in [0.717, 1.165) is 24.3 Å². The molecule has 0 aromatic heterocycles. The Kier molecular flexibility index (Phi) is 5.41. The number of benzene rings is 1. The smallest absolute Gasteiger partial charge is 0.416 e. The number of anilines is 1. The van der Waals surface area contributed by atoms with Crippen LogP contribution in [0.4, 0.5) is 18.9 Å². The van der Waals surface area contributed by atoms with E-state index in [1.807, 2.05) is 4.90 Å². The number of nitrogens with zero attached hydrogens (tertiary/aromatic N) is 2. The van der Waals surface area contributed by atoms with Crippen LogP contribution < -0.4 is 10.3 Å². The molecule has 1 heterocycles. The molecule has 0 spiro atoms. The van der Waals surface area contributed by atoms with E-state index < -0.39 is 34.6 Å². The molecule has 2 aromatic rings. The maximum Gasteiger partial charge on any atom is 0.416 e. The molecule has 3 rings (SSSR count). The van der Waals surface area contributed by atoms with E-state index in [9.17, 15) is 33.0 Å². The second-order valence-electron chi connectivity index (χ2n) is 6.81. The van der Waals surface area contributed by atoms with Crippen LogP contribution in [0, 0.1) is 6.92 Å². The summed E-state index contributed by atoms with van der Waals surface area (Å²) < 4.78 is 38.1. The molecule has 1 aliphatic rings. The number of rotatable bonds is 2. The van der Waals surface area contributed by atoms with Crippen LogP contribution >= 0.6 is 0 Å². The van der Waals surface area contributed by atoms with Crippen molar-refractivity contribution in [3.63, 3.8) is 0 Å². The Hall–Kier alpha value is -3.23. The highest BCUT2D eigenvalue weighted by Gasteiger charge is 2.30. The first-order valence-corrected chi connectivity index (χ1v) is 8.86. The molecule has 0 radical (unpaired) electrons. The molecule has 0 saturated carbocycles. The number of aromatic hydroxyl groups is 2. The van der Waals surface area contributed by atoms with Crippen LogP contribution in [0.1, 0.15) is 21.5 Å². The predicted molar refractivity (Wildman–Crippen MR) is 100 cm³/mol. The van der Waals surface area contributed by atoms with Crippen LogP contribution in [-0.2, 0) is 6.18 Å². The Morgan fingerprint density at radius 1 is 0.966 bits per heavy atom. The van der Waals surface area contributed by atoms with Crippen LogP contribution in [0.15, 0.2) is 41.2 Å². The van der Waals surface area contributed by atoms with Crippen LogP contribution in [0.25, 0.3) is 0 Å². The fourth-order valence-electron chi connectivity index (χ4n) is 3.23. The fourth-order valence-corrected chi connectivity index (χ4v) is 3.23. The molecule has 9 heteroatoms. The van der Waals surface area contributed by atoms with Crippen LogP contribution in [-0.4, -0.2) is 47.2 Å². The van der Waals surface area contributed by atoms with Gasteiger partial charge in [0.25, 0.3) is 11.3 Å². The molecule has 0 bridgehead atoms. The molecular formula is C20H19F3N2O4. The van der Waals surface area contributed by atoms with Gasteiger partial charge in [-0.2, -0.15) is 13.2 Å². The van der Waals surface area contributed by atoms with Crippen molar-refractivity contribution >= 4 is 11.6 Å². The summed E-state index contributed by atoms with van der Waals surface area (Å²) in [6, 6.07) is 7.03.